The van der Waals surface area contributed by atoms with Gasteiger partial charge in [-0.3, -0.25) is 23.2 Å². The third kappa shape index (κ3) is 29.7. The summed E-state index contributed by atoms with van der Waals surface area (Å²) >= 11 is 0. The van der Waals surface area contributed by atoms with Gasteiger partial charge in [-0.2, -0.15) is 9.29 Å². The van der Waals surface area contributed by atoms with E-state index in [9.17, 15) is 48.6 Å². The van der Waals surface area contributed by atoms with E-state index >= 15 is 0 Å². The molecule has 0 spiro atoms. The Morgan fingerprint density at radius 2 is 1.41 bits per heavy atom. The van der Waals surface area contributed by atoms with Gasteiger partial charge in [-0.1, -0.05) is 152 Å². The zero-order valence-electron chi connectivity index (χ0n) is 41.3. The van der Waals surface area contributed by atoms with Crippen LogP contribution in [0, 0.1) is 5.92 Å². The molecule has 1 aliphatic rings. The number of unbranched alkanes of at least 4 members (excludes halogenated alkanes) is 11. The summed E-state index contributed by atoms with van der Waals surface area (Å²) in [6.07, 6.45) is 29.3. The first kappa shape index (κ1) is 62.5. The molecule has 8 atom stereocenters. The van der Waals surface area contributed by atoms with Gasteiger partial charge in [0.15, 0.2) is 12.3 Å². The van der Waals surface area contributed by atoms with Gasteiger partial charge in [0.2, 0.25) is 0 Å². The molecule has 1 aliphatic heterocycles. The van der Waals surface area contributed by atoms with E-state index in [1.807, 2.05) is 36.5 Å². The second-order valence-corrected chi connectivity index (χ2v) is 20.7. The van der Waals surface area contributed by atoms with Crippen LogP contribution in [0.25, 0.3) is 0 Å². The molecular weight excluding hydrogens is 948 g/mol. The van der Waals surface area contributed by atoms with E-state index < -0.39 is 89.8 Å². The molecule has 1 saturated heterocycles. The van der Waals surface area contributed by atoms with Crippen LogP contribution in [0.1, 0.15) is 155 Å². The molecule has 1 aromatic rings. The molecule has 2 heterocycles. The summed E-state index contributed by atoms with van der Waals surface area (Å²) in [7, 11) is -10.9. The molecule has 70 heavy (non-hydrogen) atoms. The summed E-state index contributed by atoms with van der Waals surface area (Å²) in [6, 6.07) is 1.24. The van der Waals surface area contributed by atoms with Crippen LogP contribution in [0.3, 0.4) is 0 Å². The Morgan fingerprint density at radius 1 is 0.800 bits per heavy atom. The molecule has 398 valence electrons. The Bertz CT molecular complexity index is 1940. The number of nitrogen functional groups attached to an aromatic ring is 1. The summed E-state index contributed by atoms with van der Waals surface area (Å²) in [5.41, 5.74) is 4.57. The molecule has 3 unspecified atom stereocenters. The van der Waals surface area contributed by atoms with Crippen molar-refractivity contribution in [3.8, 4) is 0 Å². The Hall–Kier alpha value is -3.58. The number of aliphatic hydroxyl groups is 3. The van der Waals surface area contributed by atoms with Crippen molar-refractivity contribution in [2.45, 2.75) is 186 Å². The van der Waals surface area contributed by atoms with Gasteiger partial charge in [-0.15, -0.1) is 0 Å². The number of anilines is 1. The molecule has 1 fully saturated rings. The number of ether oxygens (including phenoxy) is 3. The van der Waals surface area contributed by atoms with Gasteiger partial charge in [0.05, 0.1) is 19.3 Å². The van der Waals surface area contributed by atoms with Crippen molar-refractivity contribution >= 4 is 33.4 Å². The van der Waals surface area contributed by atoms with E-state index in [0.29, 0.717) is 32.1 Å². The summed E-state index contributed by atoms with van der Waals surface area (Å²) < 4.78 is 56.6. The lowest BCUT2D eigenvalue weighted by molar-refractivity contribution is -0.161. The van der Waals surface area contributed by atoms with Gasteiger partial charge >= 0.3 is 33.3 Å². The van der Waals surface area contributed by atoms with Crippen LogP contribution >= 0.6 is 15.6 Å². The minimum atomic E-state index is -5.45. The molecule has 0 saturated carbocycles. The third-order valence-electron chi connectivity index (χ3n) is 10.9. The maximum atomic E-state index is 12.8. The number of rotatable bonds is 39. The molecule has 1 aromatic heterocycles. The molecule has 21 heteroatoms. The van der Waals surface area contributed by atoms with Gasteiger partial charge in [0.25, 0.3) is 0 Å². The van der Waals surface area contributed by atoms with Crippen molar-refractivity contribution < 1.29 is 71.4 Å². The molecule has 19 nitrogen and oxygen atoms in total. The number of esters is 2. The SMILES string of the molecule is CC/C=C\C/C=C\CC(O)/C=C/C=C\C/C=C\CCCC(=O)OC[C@H](COP(=O)(O)OP(=O)(O)OC[C@H]1O[C@@H](n2ccc(N)nc2=O)[C@H](O)[C@@H]1O)OC(=O)CCCCCCCCCCCCCC(C)C. The molecule has 0 amide bonds. The molecule has 0 radical (unpaired) electrons. The highest BCUT2D eigenvalue weighted by atomic mass is 31.3. The Kier molecular flexibility index (Phi) is 32.5. The zero-order chi connectivity index (χ0) is 51.6. The van der Waals surface area contributed by atoms with Crippen LogP contribution in [0.2, 0.25) is 0 Å². The Morgan fingerprint density at radius 3 is 2.09 bits per heavy atom. The van der Waals surface area contributed by atoms with Gasteiger partial charge in [-0.25, -0.2) is 13.9 Å². The topological polar surface area (TPSA) is 286 Å². The monoisotopic (exact) mass is 1030 g/mol. The summed E-state index contributed by atoms with van der Waals surface area (Å²) in [5, 5.41) is 31.0. The second kappa shape index (κ2) is 36.4. The van der Waals surface area contributed by atoms with Crippen molar-refractivity contribution in [3.05, 3.63) is 83.5 Å². The molecule has 0 aliphatic carbocycles. The first-order valence-electron chi connectivity index (χ1n) is 24.8. The number of allylic oxidation sites excluding steroid dienone is 8. The van der Waals surface area contributed by atoms with E-state index in [0.717, 1.165) is 55.2 Å². The number of hydrogen-bond acceptors (Lipinski definition) is 16. The van der Waals surface area contributed by atoms with Crippen LogP contribution in [0.5, 0.6) is 0 Å². The largest absolute Gasteiger partial charge is 0.481 e. The van der Waals surface area contributed by atoms with Crippen LogP contribution < -0.4 is 11.4 Å². The van der Waals surface area contributed by atoms with Crippen molar-refractivity contribution in [2.24, 2.45) is 5.92 Å². The second-order valence-electron chi connectivity index (χ2n) is 17.6. The fraction of sp³-hybridized carbons (Fsp3) is 0.673. The third-order valence-corrected chi connectivity index (χ3v) is 13.5. The zero-order valence-corrected chi connectivity index (χ0v) is 43.1. The van der Waals surface area contributed by atoms with E-state index in [2.05, 4.69) is 42.2 Å². The fourth-order valence-electron chi connectivity index (χ4n) is 7.03. The van der Waals surface area contributed by atoms with E-state index in [4.69, 9.17) is 29.0 Å². The maximum Gasteiger partial charge on any atom is 0.481 e. The minimum Gasteiger partial charge on any atom is -0.462 e. The normalized spacial score (nSPS) is 20.3. The van der Waals surface area contributed by atoms with Crippen molar-refractivity contribution in [3.63, 3.8) is 0 Å². The Balaban J connectivity index is 1.85. The first-order valence-corrected chi connectivity index (χ1v) is 27.8. The highest BCUT2D eigenvalue weighted by Crippen LogP contribution is 2.60. The quantitative estimate of drug-likeness (QED) is 0.0118. The number of phosphoric acid groups is 2. The molecule has 0 bridgehead atoms. The number of aliphatic hydroxyl groups excluding tert-OH is 3. The van der Waals surface area contributed by atoms with Crippen molar-refractivity contribution in [2.75, 3.05) is 25.6 Å². The predicted octanol–water partition coefficient (Wildman–Crippen LogP) is 8.77. The number of carbonyl (C=O) groups is 2. The van der Waals surface area contributed by atoms with Crippen LogP contribution in [0.15, 0.2) is 77.8 Å². The minimum absolute atomic E-state index is 0.0153. The van der Waals surface area contributed by atoms with Crippen LogP contribution in [-0.2, 0) is 46.3 Å². The summed E-state index contributed by atoms with van der Waals surface area (Å²) in [4.78, 5) is 61.8. The lowest BCUT2D eigenvalue weighted by Crippen LogP contribution is -2.36. The number of nitrogens with zero attached hydrogens (tertiary/aromatic N) is 2. The molecule has 7 N–H and O–H groups in total. The lowest BCUT2D eigenvalue weighted by Gasteiger charge is -2.21. The Labute approximate surface area is 414 Å². The molecular formula is C49H81N3O16P2. The summed E-state index contributed by atoms with van der Waals surface area (Å²) in [6.45, 7) is 4.18. The molecule has 2 rings (SSSR count). The number of carbonyl (C=O) groups excluding carboxylic acids is 2. The smallest absolute Gasteiger partial charge is 0.462 e. The first-order chi connectivity index (χ1) is 33.4. The summed E-state index contributed by atoms with van der Waals surface area (Å²) in [5.74, 6) is -0.660. The van der Waals surface area contributed by atoms with Gasteiger partial charge in [0, 0.05) is 19.0 Å². The fourth-order valence-corrected chi connectivity index (χ4v) is 9.14. The van der Waals surface area contributed by atoms with Gasteiger partial charge < -0.3 is 45.1 Å². The van der Waals surface area contributed by atoms with Gasteiger partial charge in [0.1, 0.15) is 30.7 Å². The molecule has 0 aromatic carbocycles. The standard InChI is InChI=1S/C49H81N3O16P2/c1-4-5-6-7-20-25-30-40(53)31-26-21-16-13-14-17-22-27-32-44(54)63-36-41(66-45(55)33-28-23-18-12-10-8-9-11-15-19-24-29-39(2)3)37-64-69(59,60)68-70(61,62)65-38-42-46(56)47(57)48(67-42)52-35-34-43(50)51-49(52)58/h5-6,14,16-17,20-21,25-26,31,34-35,39-42,46-48,53,56-57H,4,7-13,15,18-19,22-24,27-30,32-33,36-38H2,1-3H3,(H,59,60)(H,61,62)(H2,50,51,58)/b6-5-,17-14-,21-16-,25-20-,31-26+/t40?,41-,42-,46-,47-,48-/m1/s1. The van der Waals surface area contributed by atoms with Crippen molar-refractivity contribution in [1.82, 2.24) is 9.55 Å². The van der Waals surface area contributed by atoms with Crippen LogP contribution in [-0.4, -0.2) is 96.9 Å². The highest BCUT2D eigenvalue weighted by molar-refractivity contribution is 7.61. The maximum absolute atomic E-state index is 12.8. The lowest BCUT2D eigenvalue weighted by atomic mass is 10.0. The highest BCUT2D eigenvalue weighted by Gasteiger charge is 2.46. The predicted molar refractivity (Wildman–Crippen MR) is 267 cm³/mol. The van der Waals surface area contributed by atoms with E-state index in [1.54, 1.807) is 12.2 Å². The average Bonchev–Trinajstić information content (AvgIpc) is 3.58. The van der Waals surface area contributed by atoms with E-state index in [1.165, 1.54) is 51.0 Å². The number of hydrogen-bond donors (Lipinski definition) is 6. The van der Waals surface area contributed by atoms with Gasteiger partial charge in [-0.05, 0) is 56.9 Å². The number of phosphoric ester groups is 2. The number of nitrogens with two attached hydrogens (primary N) is 1. The van der Waals surface area contributed by atoms with E-state index in [-0.39, 0.29) is 18.7 Å². The number of aromatic nitrogens is 2. The van der Waals surface area contributed by atoms with Crippen LogP contribution in [0.4, 0.5) is 5.82 Å². The average molecular weight is 1030 g/mol. The van der Waals surface area contributed by atoms with Crippen molar-refractivity contribution in [1.29, 1.82) is 0 Å².